The standard InChI is InChI=1S/C11H8ClNO/c1-7-9(6-14)4-8-5-10(12)2-3-11(8)13-7/h2-6H,1H3. The lowest BCUT2D eigenvalue weighted by Crippen LogP contribution is -1.91. The van der Waals surface area contributed by atoms with Crippen molar-refractivity contribution in [2.75, 3.05) is 0 Å². The molecule has 14 heavy (non-hydrogen) atoms. The van der Waals surface area contributed by atoms with E-state index in [2.05, 4.69) is 4.98 Å². The first kappa shape index (κ1) is 9.16. The van der Waals surface area contributed by atoms with Crippen molar-refractivity contribution >= 4 is 28.8 Å². The van der Waals surface area contributed by atoms with Crippen LogP contribution in [0.2, 0.25) is 5.02 Å². The van der Waals surface area contributed by atoms with Crippen molar-refractivity contribution in [3.05, 3.63) is 40.5 Å². The quantitative estimate of drug-likeness (QED) is 0.670. The smallest absolute Gasteiger partial charge is 0.151 e. The molecule has 2 nitrogen and oxygen atoms in total. The molecule has 1 aromatic carbocycles. The number of aryl methyl sites for hydroxylation is 1. The number of rotatable bonds is 1. The Morgan fingerprint density at radius 3 is 2.86 bits per heavy atom. The van der Waals surface area contributed by atoms with Crippen molar-refractivity contribution in [3.8, 4) is 0 Å². The number of benzene rings is 1. The number of aldehydes is 1. The molecule has 0 aliphatic rings. The SMILES string of the molecule is Cc1nc2ccc(Cl)cc2cc1C=O. The molecular formula is C11H8ClNO. The number of aromatic nitrogens is 1. The van der Waals surface area contributed by atoms with E-state index in [1.54, 1.807) is 18.2 Å². The van der Waals surface area contributed by atoms with Gasteiger partial charge in [0.05, 0.1) is 5.52 Å². The first-order valence-electron chi connectivity index (χ1n) is 4.23. The molecule has 70 valence electrons. The van der Waals surface area contributed by atoms with Crippen molar-refractivity contribution in [1.82, 2.24) is 4.98 Å². The van der Waals surface area contributed by atoms with Crippen LogP contribution >= 0.6 is 11.6 Å². The Balaban J connectivity index is 2.79. The zero-order chi connectivity index (χ0) is 10.1. The lowest BCUT2D eigenvalue weighted by atomic mass is 10.1. The summed E-state index contributed by atoms with van der Waals surface area (Å²) in [5.41, 5.74) is 2.21. The number of nitrogens with zero attached hydrogens (tertiary/aromatic N) is 1. The number of carbonyl (C=O) groups excluding carboxylic acids is 1. The molecular weight excluding hydrogens is 198 g/mol. The first-order valence-corrected chi connectivity index (χ1v) is 4.60. The molecule has 0 fully saturated rings. The summed E-state index contributed by atoms with van der Waals surface area (Å²) in [6.45, 7) is 1.82. The Morgan fingerprint density at radius 1 is 1.36 bits per heavy atom. The lowest BCUT2D eigenvalue weighted by molar-refractivity contribution is 0.112. The molecule has 0 saturated heterocycles. The summed E-state index contributed by atoms with van der Waals surface area (Å²) in [4.78, 5) is 15.0. The van der Waals surface area contributed by atoms with Gasteiger partial charge in [-0.05, 0) is 31.2 Å². The van der Waals surface area contributed by atoms with Crippen LogP contribution in [0.1, 0.15) is 16.1 Å². The lowest BCUT2D eigenvalue weighted by Gasteiger charge is -2.01. The fourth-order valence-electron chi connectivity index (χ4n) is 1.38. The van der Waals surface area contributed by atoms with Crippen LogP contribution in [-0.4, -0.2) is 11.3 Å². The number of hydrogen-bond donors (Lipinski definition) is 0. The van der Waals surface area contributed by atoms with E-state index in [9.17, 15) is 4.79 Å². The summed E-state index contributed by atoms with van der Waals surface area (Å²) in [7, 11) is 0. The van der Waals surface area contributed by atoms with Gasteiger partial charge in [0.2, 0.25) is 0 Å². The second-order valence-electron chi connectivity index (χ2n) is 3.12. The van der Waals surface area contributed by atoms with Crippen molar-refractivity contribution < 1.29 is 4.79 Å². The third-order valence-electron chi connectivity index (χ3n) is 2.13. The molecule has 1 aromatic heterocycles. The normalized spacial score (nSPS) is 10.4. The van der Waals surface area contributed by atoms with Gasteiger partial charge in [0.25, 0.3) is 0 Å². The summed E-state index contributed by atoms with van der Waals surface area (Å²) in [5.74, 6) is 0. The highest BCUT2D eigenvalue weighted by molar-refractivity contribution is 6.31. The molecule has 0 bridgehead atoms. The van der Waals surface area contributed by atoms with Crippen molar-refractivity contribution in [2.24, 2.45) is 0 Å². The Labute approximate surface area is 86.5 Å². The Bertz CT molecular complexity index is 508. The second-order valence-corrected chi connectivity index (χ2v) is 3.55. The molecule has 0 N–H and O–H groups in total. The maximum absolute atomic E-state index is 10.7. The van der Waals surface area contributed by atoms with Gasteiger partial charge >= 0.3 is 0 Å². The molecule has 2 aromatic rings. The van der Waals surface area contributed by atoms with Gasteiger partial charge in [-0.3, -0.25) is 9.78 Å². The second kappa shape index (κ2) is 3.39. The average molecular weight is 206 g/mol. The highest BCUT2D eigenvalue weighted by Crippen LogP contribution is 2.19. The zero-order valence-corrected chi connectivity index (χ0v) is 8.38. The van der Waals surface area contributed by atoms with Gasteiger partial charge < -0.3 is 0 Å². The number of hydrogen-bond acceptors (Lipinski definition) is 2. The van der Waals surface area contributed by atoms with E-state index in [4.69, 9.17) is 11.6 Å². The van der Waals surface area contributed by atoms with Gasteiger partial charge in [-0.1, -0.05) is 11.6 Å². The summed E-state index contributed by atoms with van der Waals surface area (Å²) in [5, 5.41) is 1.55. The minimum Gasteiger partial charge on any atom is -0.298 e. The fraction of sp³-hybridized carbons (Fsp3) is 0.0909. The van der Waals surface area contributed by atoms with Crippen molar-refractivity contribution in [2.45, 2.75) is 6.92 Å². The largest absolute Gasteiger partial charge is 0.298 e. The summed E-state index contributed by atoms with van der Waals surface area (Å²) >= 11 is 5.84. The highest BCUT2D eigenvalue weighted by atomic mass is 35.5. The monoisotopic (exact) mass is 205 g/mol. The zero-order valence-electron chi connectivity index (χ0n) is 7.62. The minimum absolute atomic E-state index is 0.611. The Hall–Kier alpha value is -1.41. The number of fused-ring (bicyclic) bond motifs is 1. The van der Waals surface area contributed by atoms with Crippen molar-refractivity contribution in [3.63, 3.8) is 0 Å². The third kappa shape index (κ3) is 1.49. The van der Waals surface area contributed by atoms with E-state index in [1.165, 1.54) is 0 Å². The maximum atomic E-state index is 10.7. The van der Waals surface area contributed by atoms with E-state index < -0.39 is 0 Å². The third-order valence-corrected chi connectivity index (χ3v) is 2.37. The summed E-state index contributed by atoms with van der Waals surface area (Å²) in [6.07, 6.45) is 0.808. The Morgan fingerprint density at radius 2 is 2.14 bits per heavy atom. The predicted octanol–water partition coefficient (Wildman–Crippen LogP) is 3.01. The number of halogens is 1. The van der Waals surface area contributed by atoms with Crippen LogP contribution < -0.4 is 0 Å². The molecule has 0 amide bonds. The van der Waals surface area contributed by atoms with Gasteiger partial charge in [0.1, 0.15) is 0 Å². The van der Waals surface area contributed by atoms with Crippen LogP contribution in [0.3, 0.4) is 0 Å². The maximum Gasteiger partial charge on any atom is 0.151 e. The van der Waals surface area contributed by atoms with E-state index in [0.29, 0.717) is 10.6 Å². The molecule has 0 spiro atoms. The van der Waals surface area contributed by atoms with Gasteiger partial charge in [0.15, 0.2) is 6.29 Å². The van der Waals surface area contributed by atoms with Crippen LogP contribution in [0, 0.1) is 6.92 Å². The molecule has 0 aliphatic carbocycles. The van der Waals surface area contributed by atoms with Crippen molar-refractivity contribution in [1.29, 1.82) is 0 Å². The molecule has 2 rings (SSSR count). The van der Waals surface area contributed by atoms with E-state index in [1.807, 2.05) is 13.0 Å². The molecule has 0 saturated carbocycles. The molecule has 3 heteroatoms. The topological polar surface area (TPSA) is 30.0 Å². The molecule has 1 heterocycles. The van der Waals surface area contributed by atoms with Crippen LogP contribution in [0.5, 0.6) is 0 Å². The predicted molar refractivity (Wildman–Crippen MR) is 56.9 cm³/mol. The fourth-order valence-corrected chi connectivity index (χ4v) is 1.56. The summed E-state index contributed by atoms with van der Waals surface area (Å²) < 4.78 is 0. The van der Waals surface area contributed by atoms with E-state index >= 15 is 0 Å². The first-order chi connectivity index (χ1) is 6.70. The number of carbonyl (C=O) groups is 1. The van der Waals surface area contributed by atoms with Gasteiger partial charge in [0, 0.05) is 21.7 Å². The van der Waals surface area contributed by atoms with E-state index in [-0.39, 0.29) is 0 Å². The Kier molecular flexibility index (Phi) is 2.22. The van der Waals surface area contributed by atoms with Crippen LogP contribution in [-0.2, 0) is 0 Å². The van der Waals surface area contributed by atoms with Crippen LogP contribution in [0.4, 0.5) is 0 Å². The van der Waals surface area contributed by atoms with Gasteiger partial charge in [-0.15, -0.1) is 0 Å². The molecule has 0 aliphatic heterocycles. The van der Waals surface area contributed by atoms with Gasteiger partial charge in [-0.2, -0.15) is 0 Å². The van der Waals surface area contributed by atoms with Gasteiger partial charge in [-0.25, -0.2) is 0 Å². The highest BCUT2D eigenvalue weighted by Gasteiger charge is 2.02. The number of pyridine rings is 1. The molecule has 0 radical (unpaired) electrons. The molecule has 0 atom stereocenters. The van der Waals surface area contributed by atoms with Crippen LogP contribution in [0.15, 0.2) is 24.3 Å². The van der Waals surface area contributed by atoms with E-state index in [0.717, 1.165) is 22.9 Å². The minimum atomic E-state index is 0.611. The average Bonchev–Trinajstić information content (AvgIpc) is 2.17. The molecule has 0 unspecified atom stereocenters. The van der Waals surface area contributed by atoms with Crippen LogP contribution in [0.25, 0.3) is 10.9 Å². The summed E-state index contributed by atoms with van der Waals surface area (Å²) in [6, 6.07) is 7.24.